The van der Waals surface area contributed by atoms with Gasteiger partial charge in [0.1, 0.15) is 5.75 Å². The van der Waals surface area contributed by atoms with E-state index in [0.29, 0.717) is 11.3 Å². The molecule has 1 aliphatic rings. The zero-order chi connectivity index (χ0) is 20.1. The zero-order valence-corrected chi connectivity index (χ0v) is 18.3. The lowest BCUT2D eigenvalue weighted by atomic mass is 9.78. The number of aromatic hydroxyl groups is 1. The molecule has 0 radical (unpaired) electrons. The monoisotopic (exact) mass is 427 g/mol. The standard InChI is InChI=1S/C23H26BrNO2/c1-22(2,3)17-10-13(11-18(20(17)26)23(4,5)6)9-16-15-12-14(24)7-8-19(15)25-21(16)27/h7-12,26H,1-6H3,(H,25,27)/b16-9+. The fourth-order valence-electron chi connectivity index (χ4n) is 3.35. The number of nitrogens with one attached hydrogen (secondary N) is 1. The van der Waals surface area contributed by atoms with Gasteiger partial charge in [0, 0.05) is 32.4 Å². The molecular weight excluding hydrogens is 402 g/mol. The van der Waals surface area contributed by atoms with Crippen LogP contribution in [-0.4, -0.2) is 11.0 Å². The molecule has 1 aliphatic heterocycles. The molecule has 1 amide bonds. The molecule has 0 bridgehead atoms. The first-order valence-electron chi connectivity index (χ1n) is 9.09. The molecule has 142 valence electrons. The summed E-state index contributed by atoms with van der Waals surface area (Å²) in [6, 6.07) is 9.74. The van der Waals surface area contributed by atoms with Crippen LogP contribution in [0.1, 0.15) is 63.8 Å². The van der Waals surface area contributed by atoms with Crippen LogP contribution >= 0.6 is 15.9 Å². The Bertz CT molecular complexity index is 924. The molecule has 27 heavy (non-hydrogen) atoms. The molecule has 1 heterocycles. The maximum atomic E-state index is 12.5. The predicted octanol–water partition coefficient (Wildman–Crippen LogP) is 6.24. The molecule has 2 N–H and O–H groups in total. The van der Waals surface area contributed by atoms with Crippen molar-refractivity contribution in [2.75, 3.05) is 5.32 Å². The minimum absolute atomic E-state index is 0.106. The lowest BCUT2D eigenvalue weighted by molar-refractivity contribution is -0.110. The second-order valence-corrected chi connectivity index (χ2v) is 10.1. The van der Waals surface area contributed by atoms with Gasteiger partial charge in [0.2, 0.25) is 0 Å². The Hall–Kier alpha value is -2.07. The van der Waals surface area contributed by atoms with Gasteiger partial charge in [0.05, 0.1) is 0 Å². The summed E-state index contributed by atoms with van der Waals surface area (Å²) in [6.07, 6.45) is 1.91. The first kappa shape index (κ1) is 19.7. The number of benzene rings is 2. The second-order valence-electron chi connectivity index (χ2n) is 9.17. The van der Waals surface area contributed by atoms with Gasteiger partial charge in [-0.2, -0.15) is 0 Å². The zero-order valence-electron chi connectivity index (χ0n) is 16.7. The fourth-order valence-corrected chi connectivity index (χ4v) is 3.71. The number of phenols is 1. The third-order valence-corrected chi connectivity index (χ3v) is 5.32. The number of carbonyl (C=O) groups excluding carboxylic acids is 1. The number of fused-ring (bicyclic) bond motifs is 1. The van der Waals surface area contributed by atoms with Crippen molar-refractivity contribution in [3.63, 3.8) is 0 Å². The number of hydrogen-bond donors (Lipinski definition) is 2. The van der Waals surface area contributed by atoms with Gasteiger partial charge >= 0.3 is 0 Å². The normalized spacial score (nSPS) is 15.8. The lowest BCUT2D eigenvalue weighted by Crippen LogP contribution is -2.17. The first-order chi connectivity index (χ1) is 12.4. The minimum atomic E-state index is -0.211. The summed E-state index contributed by atoms with van der Waals surface area (Å²) in [5.74, 6) is 0.238. The smallest absolute Gasteiger partial charge is 0.256 e. The molecule has 0 saturated heterocycles. The van der Waals surface area contributed by atoms with E-state index in [1.54, 1.807) is 0 Å². The van der Waals surface area contributed by atoms with Crippen LogP contribution < -0.4 is 5.32 Å². The molecule has 3 nitrogen and oxygen atoms in total. The van der Waals surface area contributed by atoms with Crippen molar-refractivity contribution in [3.05, 3.63) is 57.1 Å². The summed E-state index contributed by atoms with van der Waals surface area (Å²) in [6.45, 7) is 12.5. The third-order valence-electron chi connectivity index (χ3n) is 4.82. The molecule has 0 atom stereocenters. The van der Waals surface area contributed by atoms with E-state index in [1.165, 1.54) is 0 Å². The van der Waals surface area contributed by atoms with E-state index in [9.17, 15) is 9.90 Å². The molecule has 0 fully saturated rings. The summed E-state index contributed by atoms with van der Waals surface area (Å²) in [5.41, 5.74) is 4.61. The van der Waals surface area contributed by atoms with E-state index in [-0.39, 0.29) is 16.7 Å². The Morgan fingerprint density at radius 2 is 1.52 bits per heavy atom. The molecule has 0 aliphatic carbocycles. The van der Waals surface area contributed by atoms with E-state index >= 15 is 0 Å². The molecule has 2 aromatic carbocycles. The van der Waals surface area contributed by atoms with Crippen molar-refractivity contribution in [3.8, 4) is 5.75 Å². The van der Waals surface area contributed by atoms with Crippen molar-refractivity contribution >= 4 is 39.2 Å². The van der Waals surface area contributed by atoms with Crippen LogP contribution in [0.4, 0.5) is 5.69 Å². The van der Waals surface area contributed by atoms with Gasteiger partial charge < -0.3 is 10.4 Å². The van der Waals surface area contributed by atoms with Crippen molar-refractivity contribution < 1.29 is 9.90 Å². The van der Waals surface area contributed by atoms with E-state index in [1.807, 2.05) is 36.4 Å². The highest BCUT2D eigenvalue weighted by molar-refractivity contribution is 9.10. The van der Waals surface area contributed by atoms with Gasteiger partial charge in [0.25, 0.3) is 5.91 Å². The topological polar surface area (TPSA) is 49.3 Å². The van der Waals surface area contributed by atoms with E-state index in [4.69, 9.17) is 0 Å². The summed E-state index contributed by atoms with van der Waals surface area (Å²) >= 11 is 3.48. The molecule has 0 saturated carbocycles. The number of rotatable bonds is 1. The Morgan fingerprint density at radius 1 is 0.963 bits per heavy atom. The van der Waals surface area contributed by atoms with Crippen LogP contribution in [0.15, 0.2) is 34.8 Å². The number of phenolic OH excluding ortho intramolecular Hbond substituents is 1. The average molecular weight is 428 g/mol. The summed E-state index contributed by atoms with van der Waals surface area (Å²) in [5, 5.41) is 13.8. The number of carbonyl (C=O) groups is 1. The van der Waals surface area contributed by atoms with Gasteiger partial charge in [-0.3, -0.25) is 4.79 Å². The average Bonchev–Trinajstić information content (AvgIpc) is 2.82. The minimum Gasteiger partial charge on any atom is -0.507 e. The van der Waals surface area contributed by atoms with Crippen LogP contribution in [0.25, 0.3) is 11.6 Å². The lowest BCUT2D eigenvalue weighted by Gasteiger charge is -2.28. The number of amides is 1. The molecule has 0 aromatic heterocycles. The van der Waals surface area contributed by atoms with Crippen molar-refractivity contribution in [2.45, 2.75) is 52.4 Å². The largest absolute Gasteiger partial charge is 0.507 e. The van der Waals surface area contributed by atoms with Crippen LogP contribution in [0.3, 0.4) is 0 Å². The SMILES string of the molecule is CC(C)(C)c1cc(/C=C2/C(=O)Nc3ccc(Br)cc32)cc(C(C)(C)C)c1O. The Labute approximate surface area is 169 Å². The molecule has 0 spiro atoms. The van der Waals surface area contributed by atoms with Crippen LogP contribution in [0.2, 0.25) is 0 Å². The molecule has 4 heteroatoms. The van der Waals surface area contributed by atoms with Crippen molar-refractivity contribution in [2.24, 2.45) is 0 Å². The van der Waals surface area contributed by atoms with Gasteiger partial charge in [-0.05, 0) is 52.8 Å². The van der Waals surface area contributed by atoms with Gasteiger partial charge in [-0.15, -0.1) is 0 Å². The highest BCUT2D eigenvalue weighted by atomic mass is 79.9. The Balaban J connectivity index is 2.23. The Morgan fingerprint density at radius 3 is 2.04 bits per heavy atom. The van der Waals surface area contributed by atoms with Gasteiger partial charge in [0.15, 0.2) is 0 Å². The third kappa shape index (κ3) is 3.81. The van der Waals surface area contributed by atoms with Crippen molar-refractivity contribution in [1.29, 1.82) is 0 Å². The van der Waals surface area contributed by atoms with E-state index in [2.05, 4.69) is 62.8 Å². The molecule has 3 rings (SSSR count). The van der Waals surface area contributed by atoms with Gasteiger partial charge in [-0.1, -0.05) is 57.5 Å². The number of halogens is 1. The fraction of sp³-hybridized carbons (Fsp3) is 0.348. The van der Waals surface area contributed by atoms with Crippen LogP contribution in [0, 0.1) is 0 Å². The first-order valence-corrected chi connectivity index (χ1v) is 9.88. The predicted molar refractivity (Wildman–Crippen MR) is 116 cm³/mol. The van der Waals surface area contributed by atoms with Crippen molar-refractivity contribution in [1.82, 2.24) is 0 Å². The highest BCUT2D eigenvalue weighted by Gasteiger charge is 2.28. The Kier molecular flexibility index (Phi) is 4.75. The summed E-state index contributed by atoms with van der Waals surface area (Å²) < 4.78 is 0.931. The quantitative estimate of drug-likeness (QED) is 0.528. The molecular formula is C23H26BrNO2. The highest BCUT2D eigenvalue weighted by Crippen LogP contribution is 2.41. The van der Waals surface area contributed by atoms with Crippen LogP contribution in [-0.2, 0) is 15.6 Å². The number of hydrogen-bond acceptors (Lipinski definition) is 2. The summed E-state index contributed by atoms with van der Waals surface area (Å²) in [4.78, 5) is 12.5. The van der Waals surface area contributed by atoms with E-state index in [0.717, 1.165) is 32.4 Å². The molecule has 2 aromatic rings. The van der Waals surface area contributed by atoms with E-state index < -0.39 is 0 Å². The maximum absolute atomic E-state index is 12.5. The maximum Gasteiger partial charge on any atom is 0.256 e. The summed E-state index contributed by atoms with van der Waals surface area (Å²) in [7, 11) is 0. The second kappa shape index (κ2) is 6.52. The van der Waals surface area contributed by atoms with Crippen LogP contribution in [0.5, 0.6) is 5.75 Å². The number of anilines is 1. The van der Waals surface area contributed by atoms with Gasteiger partial charge in [-0.25, -0.2) is 0 Å². The molecule has 0 unspecified atom stereocenters.